The second-order valence-corrected chi connectivity index (χ2v) is 6.80. The van der Waals surface area contributed by atoms with E-state index in [2.05, 4.69) is 22.0 Å². The normalized spacial score (nSPS) is 12.3. The first-order chi connectivity index (χ1) is 11.9. The molecule has 2 aromatic rings. The molecule has 0 fully saturated rings. The van der Waals surface area contributed by atoms with E-state index in [1.54, 1.807) is 30.3 Å². The molecular formula is C16H16N4O4S. The Morgan fingerprint density at radius 3 is 2.48 bits per heavy atom. The van der Waals surface area contributed by atoms with E-state index in [9.17, 15) is 13.3 Å². The van der Waals surface area contributed by atoms with E-state index in [0.29, 0.717) is 17.0 Å². The van der Waals surface area contributed by atoms with Crippen LogP contribution in [0.4, 0.5) is 0 Å². The molecule has 0 atom stereocenters. The van der Waals surface area contributed by atoms with Crippen LogP contribution in [0, 0.1) is 4.91 Å². The third kappa shape index (κ3) is 4.07. The summed E-state index contributed by atoms with van der Waals surface area (Å²) in [7, 11) is -2.12. The van der Waals surface area contributed by atoms with Crippen LogP contribution >= 0.6 is 0 Å². The second kappa shape index (κ2) is 7.67. The number of nitroso groups, excluding NO2 is 1. The Labute approximate surface area is 145 Å². The van der Waals surface area contributed by atoms with E-state index in [0.717, 1.165) is 12.5 Å². The summed E-state index contributed by atoms with van der Waals surface area (Å²) >= 11 is 0. The van der Waals surface area contributed by atoms with Gasteiger partial charge in [0.15, 0.2) is 5.82 Å². The highest BCUT2D eigenvalue weighted by Gasteiger charge is 2.23. The summed E-state index contributed by atoms with van der Waals surface area (Å²) < 4.78 is 30.7. The van der Waals surface area contributed by atoms with Crippen LogP contribution in [0.15, 0.2) is 65.6 Å². The molecule has 0 aliphatic rings. The summed E-state index contributed by atoms with van der Waals surface area (Å²) in [5.41, 5.74) is 0.941. The average molecular weight is 360 g/mol. The summed E-state index contributed by atoms with van der Waals surface area (Å²) in [5.74, 6) is 0.844. The lowest BCUT2D eigenvalue weighted by Crippen LogP contribution is -2.10. The van der Waals surface area contributed by atoms with Crippen LogP contribution in [-0.2, 0) is 9.84 Å². The van der Waals surface area contributed by atoms with Gasteiger partial charge in [0.1, 0.15) is 5.75 Å². The first-order valence-corrected chi connectivity index (χ1v) is 8.93. The van der Waals surface area contributed by atoms with Gasteiger partial charge in [-0.1, -0.05) is 18.7 Å². The molecule has 0 saturated carbocycles. The molecule has 2 rings (SSSR count). The van der Waals surface area contributed by atoms with Gasteiger partial charge in [-0.05, 0) is 35.5 Å². The molecule has 1 aromatic heterocycles. The van der Waals surface area contributed by atoms with Crippen molar-refractivity contribution in [3.8, 4) is 11.4 Å². The summed E-state index contributed by atoms with van der Waals surface area (Å²) in [6.45, 7) is 3.60. The van der Waals surface area contributed by atoms with Crippen molar-refractivity contribution in [3.05, 3.63) is 66.0 Å². The Kier molecular flexibility index (Phi) is 5.60. The Bertz CT molecular complexity index is 941. The van der Waals surface area contributed by atoms with E-state index in [-0.39, 0.29) is 11.0 Å². The lowest BCUT2D eigenvalue weighted by molar-refractivity contribution is 0.414. The lowest BCUT2D eigenvalue weighted by Gasteiger charge is -2.10. The van der Waals surface area contributed by atoms with Crippen LogP contribution in [0.3, 0.4) is 0 Å². The fourth-order valence-electron chi connectivity index (χ4n) is 2.10. The quantitative estimate of drug-likeness (QED) is 0.555. The van der Waals surface area contributed by atoms with Gasteiger partial charge in [-0.3, -0.25) is 4.57 Å². The van der Waals surface area contributed by atoms with Crippen LogP contribution in [-0.4, -0.2) is 36.5 Å². The summed E-state index contributed by atoms with van der Waals surface area (Å²) in [4.78, 5) is 10.4. The predicted molar refractivity (Wildman–Crippen MR) is 94.1 cm³/mol. The number of nitrogens with zero attached hydrogens (tertiary/aromatic N) is 4. The maximum absolute atomic E-state index is 12.1. The van der Waals surface area contributed by atoms with Crippen molar-refractivity contribution in [3.63, 3.8) is 0 Å². The monoisotopic (exact) mass is 360 g/mol. The molecule has 0 saturated heterocycles. The topological polar surface area (TPSA) is 104 Å². The van der Waals surface area contributed by atoms with Gasteiger partial charge in [0.25, 0.3) is 5.16 Å². The Hall–Kier alpha value is -3.07. The zero-order chi connectivity index (χ0) is 18.4. The van der Waals surface area contributed by atoms with Gasteiger partial charge >= 0.3 is 0 Å². The molecule has 8 nitrogen and oxygen atoms in total. The summed E-state index contributed by atoms with van der Waals surface area (Å²) in [6.07, 6.45) is 6.52. The average Bonchev–Trinajstić information content (AvgIpc) is 3.04. The SMILES string of the molecule is C=C/C=C(\C=C/N=O)c1nnc(S(C)(=O)=O)n1-c1ccc(OC)cc1. The number of rotatable bonds is 7. The highest BCUT2D eigenvalue weighted by Crippen LogP contribution is 2.24. The number of methoxy groups -OCH3 is 1. The van der Waals surface area contributed by atoms with Crippen molar-refractivity contribution >= 4 is 15.4 Å². The largest absolute Gasteiger partial charge is 0.497 e. The molecule has 0 spiro atoms. The Morgan fingerprint density at radius 1 is 1.28 bits per heavy atom. The van der Waals surface area contributed by atoms with E-state index in [1.165, 1.54) is 23.8 Å². The predicted octanol–water partition coefficient (Wildman–Crippen LogP) is 2.53. The van der Waals surface area contributed by atoms with Crippen LogP contribution < -0.4 is 4.74 Å². The van der Waals surface area contributed by atoms with Crippen LogP contribution in [0.1, 0.15) is 5.82 Å². The third-order valence-corrected chi connectivity index (χ3v) is 4.09. The fraction of sp³-hybridized carbons (Fsp3) is 0.125. The van der Waals surface area contributed by atoms with Gasteiger partial charge in [0.2, 0.25) is 9.84 Å². The molecule has 0 amide bonds. The van der Waals surface area contributed by atoms with Gasteiger partial charge in [0.05, 0.1) is 19.0 Å². The number of hydrogen-bond acceptors (Lipinski definition) is 7. The molecule has 0 aliphatic heterocycles. The zero-order valence-corrected chi connectivity index (χ0v) is 14.5. The second-order valence-electron chi connectivity index (χ2n) is 4.89. The smallest absolute Gasteiger partial charge is 0.254 e. The molecule has 25 heavy (non-hydrogen) atoms. The number of hydrogen-bond donors (Lipinski definition) is 0. The van der Waals surface area contributed by atoms with Gasteiger partial charge in [0, 0.05) is 11.8 Å². The number of aromatic nitrogens is 3. The van der Waals surface area contributed by atoms with Crippen molar-refractivity contribution in [2.45, 2.75) is 5.16 Å². The third-order valence-electron chi connectivity index (χ3n) is 3.17. The molecule has 1 aromatic carbocycles. The van der Waals surface area contributed by atoms with Crippen molar-refractivity contribution in [2.75, 3.05) is 13.4 Å². The first kappa shape index (κ1) is 18.3. The van der Waals surface area contributed by atoms with Crippen molar-refractivity contribution < 1.29 is 13.2 Å². The van der Waals surface area contributed by atoms with E-state index in [4.69, 9.17) is 4.74 Å². The van der Waals surface area contributed by atoms with Gasteiger partial charge < -0.3 is 4.74 Å². The number of allylic oxidation sites excluding steroid dienone is 4. The molecule has 0 N–H and O–H groups in total. The number of benzene rings is 1. The van der Waals surface area contributed by atoms with E-state index >= 15 is 0 Å². The molecule has 0 bridgehead atoms. The van der Waals surface area contributed by atoms with E-state index in [1.807, 2.05) is 0 Å². The molecule has 130 valence electrons. The molecule has 1 heterocycles. The molecular weight excluding hydrogens is 344 g/mol. The highest BCUT2D eigenvalue weighted by atomic mass is 32.2. The minimum atomic E-state index is -3.65. The lowest BCUT2D eigenvalue weighted by atomic mass is 10.2. The van der Waals surface area contributed by atoms with Crippen LogP contribution in [0.25, 0.3) is 11.3 Å². The molecule has 0 radical (unpaired) electrons. The molecule has 0 unspecified atom stereocenters. The maximum Gasteiger partial charge on any atom is 0.254 e. The van der Waals surface area contributed by atoms with Gasteiger partial charge in [-0.2, -0.15) is 0 Å². The van der Waals surface area contributed by atoms with E-state index < -0.39 is 9.84 Å². The van der Waals surface area contributed by atoms with Crippen LogP contribution in [0.2, 0.25) is 0 Å². The highest BCUT2D eigenvalue weighted by molar-refractivity contribution is 7.90. The Morgan fingerprint density at radius 2 is 1.96 bits per heavy atom. The number of sulfone groups is 1. The van der Waals surface area contributed by atoms with Crippen molar-refractivity contribution in [2.24, 2.45) is 5.18 Å². The van der Waals surface area contributed by atoms with Crippen LogP contribution in [0.5, 0.6) is 5.75 Å². The fourth-order valence-corrected chi connectivity index (χ4v) is 2.82. The Balaban J connectivity index is 2.75. The van der Waals surface area contributed by atoms with Gasteiger partial charge in [-0.25, -0.2) is 8.42 Å². The zero-order valence-electron chi connectivity index (χ0n) is 13.7. The standard InChI is InChI=1S/C16H16N4O4S/c1-4-5-12(10-11-17-21)15-18-19-16(25(3,22)23)20(15)13-6-8-14(24-2)9-7-13/h4-11H,1H2,2-3H3/b11-10-,12-5+. The minimum absolute atomic E-state index is 0.227. The first-order valence-electron chi connectivity index (χ1n) is 7.04. The van der Waals surface area contributed by atoms with Crippen molar-refractivity contribution in [1.29, 1.82) is 0 Å². The summed E-state index contributed by atoms with van der Waals surface area (Å²) in [5, 5.41) is 10.2. The minimum Gasteiger partial charge on any atom is -0.497 e. The van der Waals surface area contributed by atoms with Crippen molar-refractivity contribution in [1.82, 2.24) is 14.8 Å². The summed E-state index contributed by atoms with van der Waals surface area (Å²) in [6, 6.07) is 6.72. The molecule has 0 aliphatic carbocycles. The van der Waals surface area contributed by atoms with Gasteiger partial charge in [-0.15, -0.1) is 15.1 Å². The molecule has 9 heteroatoms. The number of ether oxygens (including phenoxy) is 1. The maximum atomic E-state index is 12.1.